The number of benzene rings is 1. The van der Waals surface area contributed by atoms with Crippen molar-refractivity contribution in [3.8, 4) is 0 Å². The van der Waals surface area contributed by atoms with E-state index >= 15 is 0 Å². The molecule has 4 nitrogen and oxygen atoms in total. The van der Waals surface area contributed by atoms with E-state index in [1.807, 2.05) is 4.57 Å². The third kappa shape index (κ3) is 3.74. The number of hydrogen-bond acceptors (Lipinski definition) is 3. The highest BCUT2D eigenvalue weighted by Crippen LogP contribution is 2.25. The molecule has 0 unspecified atom stereocenters. The van der Waals surface area contributed by atoms with Gasteiger partial charge >= 0.3 is 5.97 Å². The molecule has 0 aliphatic carbocycles. The molecule has 114 valence electrons. The van der Waals surface area contributed by atoms with E-state index in [9.17, 15) is 9.18 Å². The van der Waals surface area contributed by atoms with Crippen LogP contribution in [0.4, 0.5) is 4.39 Å². The predicted octanol–water partition coefficient (Wildman–Crippen LogP) is 4.02. The maximum Gasteiger partial charge on any atom is 0.305 e. The van der Waals surface area contributed by atoms with Gasteiger partial charge in [0.05, 0.1) is 28.0 Å². The van der Waals surface area contributed by atoms with Gasteiger partial charge in [0.1, 0.15) is 11.6 Å². The van der Waals surface area contributed by atoms with E-state index in [1.54, 1.807) is 13.0 Å². The van der Waals surface area contributed by atoms with Crippen LogP contribution < -0.4 is 0 Å². The number of aromatic nitrogens is 2. The number of hydrogen-bond donors (Lipinski definition) is 0. The second-order valence-corrected chi connectivity index (χ2v) is 5.60. The molecule has 1 heterocycles. The molecule has 0 amide bonds. The summed E-state index contributed by atoms with van der Waals surface area (Å²) in [5, 5.41) is 0. The summed E-state index contributed by atoms with van der Waals surface area (Å²) < 4.78 is 20.7. The molecule has 0 spiro atoms. The zero-order valence-corrected chi connectivity index (χ0v) is 13.9. The molecule has 0 aliphatic rings. The van der Waals surface area contributed by atoms with Crippen molar-refractivity contribution in [1.29, 1.82) is 0 Å². The Kier molecular flexibility index (Phi) is 5.58. The molecule has 2 aromatic rings. The first kappa shape index (κ1) is 16.2. The Bertz CT molecular complexity index is 660. The van der Waals surface area contributed by atoms with Crippen LogP contribution in [-0.4, -0.2) is 22.1 Å². The van der Waals surface area contributed by atoms with Crippen LogP contribution in [-0.2, 0) is 22.0 Å². The van der Waals surface area contributed by atoms with Crippen LogP contribution in [0.1, 0.15) is 25.6 Å². The van der Waals surface area contributed by atoms with E-state index in [4.69, 9.17) is 16.3 Å². The summed E-state index contributed by atoms with van der Waals surface area (Å²) in [6.07, 6.45) is 0.945. The largest absolute Gasteiger partial charge is 0.466 e. The van der Waals surface area contributed by atoms with Gasteiger partial charge in [0.25, 0.3) is 0 Å². The van der Waals surface area contributed by atoms with Crippen LogP contribution in [0, 0.1) is 5.82 Å². The van der Waals surface area contributed by atoms with Crippen molar-refractivity contribution in [3.05, 3.63) is 28.2 Å². The second-order valence-electron chi connectivity index (χ2n) is 4.48. The first-order valence-electron chi connectivity index (χ1n) is 6.62. The SMILES string of the molecule is CCOC(=O)CCCn1c(CCl)nc2cc(F)c(Br)cc21. The lowest BCUT2D eigenvalue weighted by molar-refractivity contribution is -0.143. The summed E-state index contributed by atoms with van der Waals surface area (Å²) >= 11 is 9.06. The lowest BCUT2D eigenvalue weighted by atomic mass is 10.2. The van der Waals surface area contributed by atoms with Crippen molar-refractivity contribution < 1.29 is 13.9 Å². The van der Waals surface area contributed by atoms with Crippen molar-refractivity contribution >= 4 is 44.5 Å². The summed E-state index contributed by atoms with van der Waals surface area (Å²) in [5.74, 6) is 0.308. The molecule has 1 aromatic carbocycles. The van der Waals surface area contributed by atoms with Gasteiger partial charge in [0.2, 0.25) is 0 Å². The van der Waals surface area contributed by atoms with Gasteiger partial charge in [0, 0.05) is 19.0 Å². The Morgan fingerprint density at radius 1 is 1.52 bits per heavy atom. The number of imidazole rings is 1. The fourth-order valence-corrected chi connectivity index (χ4v) is 2.67. The van der Waals surface area contributed by atoms with E-state index in [0.717, 1.165) is 5.52 Å². The molecule has 0 bridgehead atoms. The number of fused-ring (bicyclic) bond motifs is 1. The third-order valence-corrected chi connectivity index (χ3v) is 3.90. The molecule has 2 rings (SSSR count). The molecule has 0 N–H and O–H groups in total. The second kappa shape index (κ2) is 7.22. The molecule has 0 aliphatic heterocycles. The maximum absolute atomic E-state index is 13.5. The van der Waals surface area contributed by atoms with Gasteiger partial charge < -0.3 is 9.30 Å². The Hall–Kier alpha value is -1.14. The molecule has 21 heavy (non-hydrogen) atoms. The lowest BCUT2D eigenvalue weighted by Crippen LogP contribution is -2.08. The zero-order chi connectivity index (χ0) is 15.4. The maximum atomic E-state index is 13.5. The molecular weight excluding hydrogens is 363 g/mol. The normalized spacial score (nSPS) is 11.0. The first-order valence-corrected chi connectivity index (χ1v) is 7.95. The Balaban J connectivity index is 2.21. The van der Waals surface area contributed by atoms with Crippen LogP contribution in [0.25, 0.3) is 11.0 Å². The molecule has 0 radical (unpaired) electrons. The van der Waals surface area contributed by atoms with E-state index in [0.29, 0.717) is 41.8 Å². The number of halogens is 3. The third-order valence-electron chi connectivity index (χ3n) is 3.06. The number of rotatable bonds is 6. The van der Waals surface area contributed by atoms with Crippen LogP contribution in [0.15, 0.2) is 16.6 Å². The Labute approximate surface area is 135 Å². The summed E-state index contributed by atoms with van der Waals surface area (Å²) in [4.78, 5) is 15.7. The fraction of sp³-hybridized carbons (Fsp3) is 0.429. The molecule has 0 fully saturated rings. The summed E-state index contributed by atoms with van der Waals surface area (Å²) in [6, 6.07) is 3.05. The van der Waals surface area contributed by atoms with Gasteiger partial charge in [-0.1, -0.05) is 0 Å². The Morgan fingerprint density at radius 2 is 2.29 bits per heavy atom. The molecule has 7 heteroatoms. The van der Waals surface area contributed by atoms with Crippen LogP contribution >= 0.6 is 27.5 Å². The monoisotopic (exact) mass is 376 g/mol. The average molecular weight is 378 g/mol. The van der Waals surface area contributed by atoms with Crippen LogP contribution in [0.3, 0.4) is 0 Å². The number of esters is 1. The van der Waals surface area contributed by atoms with Crippen LogP contribution in [0.2, 0.25) is 0 Å². The van der Waals surface area contributed by atoms with E-state index < -0.39 is 0 Å². The van der Waals surface area contributed by atoms with E-state index in [2.05, 4.69) is 20.9 Å². The molecule has 0 atom stereocenters. The standard InChI is InChI=1S/C14H15BrClFN2O2/c1-2-21-14(20)4-3-5-19-12-6-9(15)10(17)7-11(12)18-13(19)8-16/h6-7H,2-5,8H2,1H3. The number of nitrogens with zero attached hydrogens (tertiary/aromatic N) is 2. The predicted molar refractivity (Wildman–Crippen MR) is 82.8 cm³/mol. The van der Waals surface area contributed by atoms with Crippen molar-refractivity contribution in [3.63, 3.8) is 0 Å². The van der Waals surface area contributed by atoms with Crippen molar-refractivity contribution in [2.24, 2.45) is 0 Å². The van der Waals surface area contributed by atoms with Gasteiger partial charge in [-0.05, 0) is 35.3 Å². The van der Waals surface area contributed by atoms with Gasteiger partial charge in [-0.15, -0.1) is 11.6 Å². The number of aryl methyl sites for hydroxylation is 1. The minimum Gasteiger partial charge on any atom is -0.466 e. The molecule has 0 saturated carbocycles. The molecular formula is C14H15BrClFN2O2. The van der Waals surface area contributed by atoms with Gasteiger partial charge in [-0.25, -0.2) is 9.37 Å². The fourth-order valence-electron chi connectivity index (χ4n) is 2.14. The van der Waals surface area contributed by atoms with Crippen molar-refractivity contribution in [1.82, 2.24) is 9.55 Å². The number of alkyl halides is 1. The smallest absolute Gasteiger partial charge is 0.305 e. The quantitative estimate of drug-likeness (QED) is 0.564. The van der Waals surface area contributed by atoms with Crippen molar-refractivity contribution in [2.45, 2.75) is 32.2 Å². The van der Waals surface area contributed by atoms with Gasteiger partial charge in [0.15, 0.2) is 0 Å². The number of carbonyl (C=O) groups is 1. The number of ether oxygens (including phenoxy) is 1. The summed E-state index contributed by atoms with van der Waals surface area (Å²) in [7, 11) is 0. The number of carbonyl (C=O) groups excluding carboxylic acids is 1. The first-order chi connectivity index (χ1) is 10.1. The molecule has 1 aromatic heterocycles. The average Bonchev–Trinajstić information content (AvgIpc) is 2.77. The minimum atomic E-state index is -0.361. The lowest BCUT2D eigenvalue weighted by Gasteiger charge is -2.08. The Morgan fingerprint density at radius 3 is 2.95 bits per heavy atom. The van der Waals surface area contributed by atoms with Crippen molar-refractivity contribution in [2.75, 3.05) is 6.61 Å². The van der Waals surface area contributed by atoms with E-state index in [-0.39, 0.29) is 17.7 Å². The highest BCUT2D eigenvalue weighted by atomic mass is 79.9. The molecule has 0 saturated heterocycles. The summed E-state index contributed by atoms with van der Waals surface area (Å²) in [6.45, 7) is 2.74. The van der Waals surface area contributed by atoms with Gasteiger partial charge in [-0.2, -0.15) is 0 Å². The topological polar surface area (TPSA) is 44.1 Å². The van der Waals surface area contributed by atoms with E-state index in [1.165, 1.54) is 6.07 Å². The highest BCUT2D eigenvalue weighted by molar-refractivity contribution is 9.10. The minimum absolute atomic E-state index is 0.221. The highest BCUT2D eigenvalue weighted by Gasteiger charge is 2.13. The van der Waals surface area contributed by atoms with Crippen LogP contribution in [0.5, 0.6) is 0 Å². The van der Waals surface area contributed by atoms with Gasteiger partial charge in [-0.3, -0.25) is 4.79 Å². The zero-order valence-electron chi connectivity index (χ0n) is 11.5. The summed E-state index contributed by atoms with van der Waals surface area (Å²) in [5.41, 5.74) is 1.35.